The molecule has 0 saturated carbocycles. The monoisotopic (exact) mass is 268 g/mol. The summed E-state index contributed by atoms with van der Waals surface area (Å²) in [6, 6.07) is 4.16. The van der Waals surface area contributed by atoms with Gasteiger partial charge in [0.1, 0.15) is 11.6 Å². The Morgan fingerprint density at radius 2 is 2.28 bits per heavy atom. The molecular weight excluding hydrogens is 260 g/mol. The van der Waals surface area contributed by atoms with Crippen LogP contribution < -0.4 is 0 Å². The summed E-state index contributed by atoms with van der Waals surface area (Å²) in [6.45, 7) is 1.81. The summed E-state index contributed by atoms with van der Waals surface area (Å²) in [5.74, 6) is -0.605. The van der Waals surface area contributed by atoms with E-state index >= 15 is 0 Å². The van der Waals surface area contributed by atoms with Crippen molar-refractivity contribution in [2.45, 2.75) is 13.3 Å². The highest BCUT2D eigenvalue weighted by atomic mass is 35.5. The van der Waals surface area contributed by atoms with Gasteiger partial charge in [0.15, 0.2) is 0 Å². The number of benzene rings is 1. The van der Waals surface area contributed by atoms with Gasteiger partial charge in [0.25, 0.3) is 5.69 Å². The summed E-state index contributed by atoms with van der Waals surface area (Å²) in [5, 5.41) is 19.9. The summed E-state index contributed by atoms with van der Waals surface area (Å²) in [6.07, 6.45) is -0.292. The van der Waals surface area contributed by atoms with E-state index in [2.05, 4.69) is 0 Å². The van der Waals surface area contributed by atoms with Crippen LogP contribution in [-0.4, -0.2) is 17.5 Å². The van der Waals surface area contributed by atoms with E-state index in [0.717, 1.165) is 0 Å². The molecule has 0 spiro atoms. The smallest absolute Gasteiger partial charge is 0.310 e. The minimum Gasteiger partial charge on any atom is -0.466 e. The number of carbonyl (C=O) groups is 1. The van der Waals surface area contributed by atoms with E-state index in [9.17, 15) is 14.9 Å². The third-order valence-electron chi connectivity index (χ3n) is 2.10. The molecule has 0 saturated heterocycles. The Bertz CT molecular complexity index is 537. The van der Waals surface area contributed by atoms with Crippen LogP contribution in [0.5, 0.6) is 0 Å². The lowest BCUT2D eigenvalue weighted by molar-refractivity contribution is -0.385. The number of nitrogens with zero attached hydrogens (tertiary/aromatic N) is 2. The zero-order chi connectivity index (χ0) is 13.7. The number of hydrogen-bond donors (Lipinski definition) is 0. The zero-order valence-corrected chi connectivity index (χ0v) is 10.2. The Labute approximate surface area is 108 Å². The number of hydrogen-bond acceptors (Lipinski definition) is 5. The van der Waals surface area contributed by atoms with Crippen LogP contribution in [0.4, 0.5) is 5.69 Å². The Kier molecular flexibility index (Phi) is 4.63. The molecule has 0 fully saturated rings. The highest BCUT2D eigenvalue weighted by molar-refractivity contribution is 6.30. The minimum absolute atomic E-state index is 0.0718. The van der Waals surface area contributed by atoms with Gasteiger partial charge >= 0.3 is 5.97 Å². The van der Waals surface area contributed by atoms with Crippen molar-refractivity contribution in [1.82, 2.24) is 0 Å². The van der Waals surface area contributed by atoms with Crippen molar-refractivity contribution >= 4 is 23.3 Å². The van der Waals surface area contributed by atoms with Crippen molar-refractivity contribution in [1.29, 1.82) is 5.26 Å². The summed E-state index contributed by atoms with van der Waals surface area (Å²) in [4.78, 5) is 21.5. The van der Waals surface area contributed by atoms with Crippen molar-refractivity contribution in [2.24, 2.45) is 0 Å². The maximum absolute atomic E-state index is 11.3. The number of nitro benzene ring substituents is 1. The van der Waals surface area contributed by atoms with Crippen LogP contribution in [0.15, 0.2) is 12.1 Å². The Hall–Kier alpha value is -2.13. The predicted octanol–water partition coefficient (Wildman–Crippen LogP) is 2.23. The van der Waals surface area contributed by atoms with Crippen LogP contribution >= 0.6 is 11.6 Å². The van der Waals surface area contributed by atoms with Gasteiger partial charge in [0.05, 0.1) is 18.0 Å². The molecule has 1 aromatic rings. The van der Waals surface area contributed by atoms with Gasteiger partial charge in [-0.3, -0.25) is 14.9 Å². The molecule has 18 heavy (non-hydrogen) atoms. The van der Waals surface area contributed by atoms with Crippen molar-refractivity contribution in [3.8, 4) is 6.07 Å². The van der Waals surface area contributed by atoms with Crippen LogP contribution in [0.3, 0.4) is 0 Å². The van der Waals surface area contributed by atoms with E-state index in [1.807, 2.05) is 0 Å². The second-order valence-corrected chi connectivity index (χ2v) is 3.75. The summed E-state index contributed by atoms with van der Waals surface area (Å²) < 4.78 is 4.71. The molecular formula is C11H9ClN2O4. The van der Waals surface area contributed by atoms with Gasteiger partial charge in [-0.1, -0.05) is 11.6 Å². The van der Waals surface area contributed by atoms with Crippen LogP contribution in [0.1, 0.15) is 18.1 Å². The van der Waals surface area contributed by atoms with E-state index in [1.54, 1.807) is 13.0 Å². The molecule has 1 rings (SSSR count). The molecule has 0 aliphatic heterocycles. The SMILES string of the molecule is CCOC(=O)Cc1cc(Cl)cc(C#N)c1[N+](=O)[O-]. The Morgan fingerprint density at radius 1 is 1.61 bits per heavy atom. The van der Waals surface area contributed by atoms with E-state index in [4.69, 9.17) is 21.6 Å². The van der Waals surface area contributed by atoms with Crippen molar-refractivity contribution in [2.75, 3.05) is 6.61 Å². The van der Waals surface area contributed by atoms with Crippen LogP contribution in [0.2, 0.25) is 5.02 Å². The molecule has 94 valence electrons. The molecule has 0 atom stereocenters. The van der Waals surface area contributed by atoms with Crippen molar-refractivity contribution in [3.63, 3.8) is 0 Å². The quantitative estimate of drug-likeness (QED) is 0.474. The van der Waals surface area contributed by atoms with Crippen LogP contribution in [0.25, 0.3) is 0 Å². The lowest BCUT2D eigenvalue weighted by Gasteiger charge is -2.05. The highest BCUT2D eigenvalue weighted by Crippen LogP contribution is 2.28. The standard InChI is InChI=1S/C11H9ClN2O4/c1-2-18-10(15)5-7-3-9(12)4-8(6-13)11(7)14(16)17/h3-4H,2,5H2,1H3. The first-order valence-electron chi connectivity index (χ1n) is 5.02. The number of nitriles is 1. The summed E-state index contributed by atoms with van der Waals surface area (Å²) in [5.41, 5.74) is -0.510. The molecule has 0 unspecified atom stereocenters. The maximum Gasteiger partial charge on any atom is 0.310 e. The highest BCUT2D eigenvalue weighted by Gasteiger charge is 2.23. The van der Waals surface area contributed by atoms with Crippen LogP contribution in [0, 0.1) is 21.4 Å². The molecule has 0 amide bonds. The van der Waals surface area contributed by atoms with E-state index in [0.29, 0.717) is 0 Å². The topological polar surface area (TPSA) is 93.2 Å². The lowest BCUT2D eigenvalue weighted by atomic mass is 10.1. The number of rotatable bonds is 4. The van der Waals surface area contributed by atoms with E-state index < -0.39 is 16.6 Å². The predicted molar refractivity (Wildman–Crippen MR) is 63.2 cm³/mol. The fraction of sp³-hybridized carbons (Fsp3) is 0.273. The van der Waals surface area contributed by atoms with Gasteiger partial charge in [0.2, 0.25) is 0 Å². The fourth-order valence-electron chi connectivity index (χ4n) is 1.46. The maximum atomic E-state index is 11.3. The molecule has 0 bridgehead atoms. The Balaban J connectivity index is 3.25. The zero-order valence-electron chi connectivity index (χ0n) is 9.47. The molecule has 6 nitrogen and oxygen atoms in total. The molecule has 0 heterocycles. The molecule has 1 aromatic carbocycles. The first kappa shape index (κ1) is 13.9. The fourth-order valence-corrected chi connectivity index (χ4v) is 1.70. The average Bonchev–Trinajstić information content (AvgIpc) is 2.27. The van der Waals surface area contributed by atoms with Gasteiger partial charge in [-0.15, -0.1) is 0 Å². The second-order valence-electron chi connectivity index (χ2n) is 3.31. The van der Waals surface area contributed by atoms with E-state index in [1.165, 1.54) is 12.1 Å². The summed E-state index contributed by atoms with van der Waals surface area (Å²) in [7, 11) is 0. The van der Waals surface area contributed by atoms with Gasteiger partial charge < -0.3 is 4.74 Å². The second kappa shape index (κ2) is 5.98. The molecule has 7 heteroatoms. The number of esters is 1. The molecule has 0 radical (unpaired) electrons. The van der Waals surface area contributed by atoms with Gasteiger partial charge in [-0.2, -0.15) is 5.26 Å². The third-order valence-corrected chi connectivity index (χ3v) is 2.31. The van der Waals surface area contributed by atoms with Gasteiger partial charge in [-0.25, -0.2) is 0 Å². The van der Waals surface area contributed by atoms with Gasteiger partial charge in [0, 0.05) is 10.6 Å². The number of ether oxygens (including phenoxy) is 1. The first-order valence-corrected chi connectivity index (χ1v) is 5.40. The molecule has 0 aliphatic carbocycles. The first-order chi connectivity index (χ1) is 8.49. The van der Waals surface area contributed by atoms with Crippen molar-refractivity contribution < 1.29 is 14.5 Å². The Morgan fingerprint density at radius 3 is 2.78 bits per heavy atom. The van der Waals surface area contributed by atoms with Crippen LogP contribution in [-0.2, 0) is 16.0 Å². The van der Waals surface area contributed by atoms with E-state index in [-0.39, 0.29) is 29.2 Å². The van der Waals surface area contributed by atoms with Gasteiger partial charge in [-0.05, 0) is 19.1 Å². The number of nitro groups is 1. The average molecular weight is 269 g/mol. The largest absolute Gasteiger partial charge is 0.466 e. The normalized spacial score (nSPS) is 9.61. The molecule has 0 aromatic heterocycles. The lowest BCUT2D eigenvalue weighted by Crippen LogP contribution is -2.10. The minimum atomic E-state index is -0.705. The third kappa shape index (κ3) is 3.18. The number of carbonyl (C=O) groups excluding carboxylic acids is 1. The number of halogens is 1. The molecule has 0 N–H and O–H groups in total. The molecule has 0 aliphatic rings. The summed E-state index contributed by atoms with van der Waals surface area (Å²) >= 11 is 5.74. The van der Waals surface area contributed by atoms with Crippen molar-refractivity contribution in [3.05, 3.63) is 38.4 Å².